The van der Waals surface area contributed by atoms with E-state index in [0.717, 1.165) is 6.07 Å². The second-order valence-corrected chi connectivity index (χ2v) is 6.13. The standard InChI is InChI=1S/C16H18F3N3O3/c1-9-14-11(16(17,18)19)7-12(20-15(14)25-21-9)10-3-5-22(6-4-10)13(23)8-24-2/h7,10H,3-6,8H2,1-2H3. The number of pyridine rings is 1. The molecule has 1 aliphatic rings. The average molecular weight is 357 g/mol. The lowest BCUT2D eigenvalue weighted by Crippen LogP contribution is -2.39. The monoisotopic (exact) mass is 357 g/mol. The van der Waals surface area contributed by atoms with Crippen molar-refractivity contribution < 1.29 is 27.2 Å². The highest BCUT2D eigenvalue weighted by molar-refractivity contribution is 5.81. The van der Waals surface area contributed by atoms with Crippen LogP contribution in [0.5, 0.6) is 0 Å². The van der Waals surface area contributed by atoms with Crippen LogP contribution in [0, 0.1) is 6.92 Å². The number of fused-ring (bicyclic) bond motifs is 1. The molecule has 0 aliphatic carbocycles. The number of hydrogen-bond donors (Lipinski definition) is 0. The zero-order valence-electron chi connectivity index (χ0n) is 13.9. The van der Waals surface area contributed by atoms with E-state index < -0.39 is 11.7 Å². The van der Waals surface area contributed by atoms with Gasteiger partial charge in [0, 0.05) is 31.8 Å². The molecule has 1 aliphatic heterocycles. The molecule has 0 bridgehead atoms. The van der Waals surface area contributed by atoms with Crippen LogP contribution in [0.25, 0.3) is 11.1 Å². The molecule has 0 atom stereocenters. The van der Waals surface area contributed by atoms with Crippen molar-refractivity contribution in [3.8, 4) is 0 Å². The summed E-state index contributed by atoms with van der Waals surface area (Å²) in [6.07, 6.45) is -3.43. The third-order valence-electron chi connectivity index (χ3n) is 4.48. The minimum atomic E-state index is -4.51. The predicted octanol–water partition coefficient (Wildman–Crippen LogP) is 2.90. The molecule has 25 heavy (non-hydrogen) atoms. The van der Waals surface area contributed by atoms with E-state index in [-0.39, 0.29) is 35.2 Å². The highest BCUT2D eigenvalue weighted by atomic mass is 19.4. The molecular formula is C16H18F3N3O3. The maximum atomic E-state index is 13.4. The van der Waals surface area contributed by atoms with E-state index in [9.17, 15) is 18.0 Å². The first kappa shape index (κ1) is 17.7. The summed E-state index contributed by atoms with van der Waals surface area (Å²) in [5.41, 5.74) is -0.375. The Kier molecular flexibility index (Phi) is 4.68. The Morgan fingerprint density at radius 1 is 1.40 bits per heavy atom. The number of alkyl halides is 3. The van der Waals surface area contributed by atoms with Crippen LogP contribution in [-0.4, -0.2) is 47.8 Å². The number of ether oxygens (including phenoxy) is 1. The number of methoxy groups -OCH3 is 1. The lowest BCUT2D eigenvalue weighted by molar-refractivity contribution is -0.136. The van der Waals surface area contributed by atoms with Crippen molar-refractivity contribution in [3.05, 3.63) is 23.0 Å². The van der Waals surface area contributed by atoms with Gasteiger partial charge in [0.15, 0.2) is 0 Å². The molecule has 1 amide bonds. The van der Waals surface area contributed by atoms with Crippen LogP contribution in [0.2, 0.25) is 0 Å². The lowest BCUT2D eigenvalue weighted by Gasteiger charge is -2.31. The Labute approximate surface area is 141 Å². The highest BCUT2D eigenvalue weighted by Gasteiger charge is 2.36. The smallest absolute Gasteiger partial charge is 0.375 e. The van der Waals surface area contributed by atoms with Crippen molar-refractivity contribution in [2.75, 3.05) is 26.8 Å². The topological polar surface area (TPSA) is 68.5 Å². The first-order valence-electron chi connectivity index (χ1n) is 7.92. The van der Waals surface area contributed by atoms with Crippen LogP contribution in [0.15, 0.2) is 10.6 Å². The second kappa shape index (κ2) is 6.62. The van der Waals surface area contributed by atoms with Gasteiger partial charge in [0.1, 0.15) is 6.61 Å². The molecule has 0 unspecified atom stereocenters. The summed E-state index contributed by atoms with van der Waals surface area (Å²) in [6, 6.07) is 1.09. The normalized spacial score (nSPS) is 16.6. The SMILES string of the molecule is COCC(=O)N1CCC(c2cc(C(F)(F)F)c3c(C)noc3n2)CC1. The van der Waals surface area contributed by atoms with E-state index in [1.54, 1.807) is 4.90 Å². The van der Waals surface area contributed by atoms with Crippen LogP contribution in [0.4, 0.5) is 13.2 Å². The molecule has 1 saturated heterocycles. The largest absolute Gasteiger partial charge is 0.417 e. The molecule has 0 aromatic carbocycles. The molecule has 6 nitrogen and oxygen atoms in total. The van der Waals surface area contributed by atoms with Crippen LogP contribution in [0.1, 0.15) is 35.7 Å². The molecule has 3 rings (SSSR count). The number of nitrogens with zero attached hydrogens (tertiary/aromatic N) is 3. The van der Waals surface area contributed by atoms with Crippen LogP contribution in [-0.2, 0) is 15.7 Å². The van der Waals surface area contributed by atoms with Crippen LogP contribution < -0.4 is 0 Å². The van der Waals surface area contributed by atoms with Gasteiger partial charge in [-0.15, -0.1) is 0 Å². The zero-order chi connectivity index (χ0) is 18.2. The first-order valence-corrected chi connectivity index (χ1v) is 7.92. The Hall–Kier alpha value is -2.16. The fourth-order valence-corrected chi connectivity index (χ4v) is 3.19. The maximum absolute atomic E-state index is 13.4. The Balaban J connectivity index is 1.87. The number of amides is 1. The molecule has 2 aromatic heterocycles. The molecule has 9 heteroatoms. The van der Waals surface area contributed by atoms with Gasteiger partial charge in [0.25, 0.3) is 5.71 Å². The number of aromatic nitrogens is 2. The number of likely N-dealkylation sites (tertiary alicyclic amines) is 1. The van der Waals surface area contributed by atoms with Crippen molar-refractivity contribution in [3.63, 3.8) is 0 Å². The first-order chi connectivity index (χ1) is 11.8. The third kappa shape index (κ3) is 3.46. The summed E-state index contributed by atoms with van der Waals surface area (Å²) in [4.78, 5) is 17.7. The van der Waals surface area contributed by atoms with E-state index in [4.69, 9.17) is 9.26 Å². The molecular weight excluding hydrogens is 339 g/mol. The van der Waals surface area contributed by atoms with Crippen LogP contribution >= 0.6 is 0 Å². The van der Waals surface area contributed by atoms with Crippen molar-refractivity contribution >= 4 is 17.0 Å². The van der Waals surface area contributed by atoms with E-state index in [2.05, 4.69) is 10.1 Å². The van der Waals surface area contributed by atoms with Gasteiger partial charge in [-0.3, -0.25) is 4.79 Å². The molecule has 0 N–H and O–H groups in total. The molecule has 2 aromatic rings. The van der Waals surface area contributed by atoms with Gasteiger partial charge in [0.2, 0.25) is 5.91 Å². The molecule has 1 fully saturated rings. The van der Waals surface area contributed by atoms with Crippen molar-refractivity contribution in [2.24, 2.45) is 0 Å². The van der Waals surface area contributed by atoms with Crippen molar-refractivity contribution in [1.82, 2.24) is 15.0 Å². The summed E-state index contributed by atoms with van der Waals surface area (Å²) >= 11 is 0. The number of hydrogen-bond acceptors (Lipinski definition) is 5. The number of carbonyl (C=O) groups is 1. The Morgan fingerprint density at radius 3 is 2.68 bits per heavy atom. The van der Waals surface area contributed by atoms with Gasteiger partial charge in [-0.1, -0.05) is 5.16 Å². The van der Waals surface area contributed by atoms with Gasteiger partial charge >= 0.3 is 6.18 Å². The van der Waals surface area contributed by atoms with Gasteiger partial charge in [-0.05, 0) is 25.8 Å². The van der Waals surface area contributed by atoms with Crippen molar-refractivity contribution in [1.29, 1.82) is 0 Å². The summed E-state index contributed by atoms with van der Waals surface area (Å²) < 4.78 is 50.0. The van der Waals surface area contributed by atoms with E-state index in [1.807, 2.05) is 0 Å². The summed E-state index contributed by atoms with van der Waals surface area (Å²) in [6.45, 7) is 2.39. The maximum Gasteiger partial charge on any atom is 0.417 e. The van der Waals surface area contributed by atoms with Gasteiger partial charge in [0.05, 0.1) is 16.6 Å². The summed E-state index contributed by atoms with van der Waals surface area (Å²) in [5, 5.41) is 3.51. The zero-order valence-corrected chi connectivity index (χ0v) is 13.9. The molecule has 3 heterocycles. The molecule has 0 spiro atoms. The minimum Gasteiger partial charge on any atom is -0.375 e. The predicted molar refractivity (Wildman–Crippen MR) is 82.0 cm³/mol. The summed E-state index contributed by atoms with van der Waals surface area (Å²) in [5.74, 6) is -0.284. The second-order valence-electron chi connectivity index (χ2n) is 6.13. The van der Waals surface area contributed by atoms with Gasteiger partial charge < -0.3 is 14.2 Å². The van der Waals surface area contributed by atoms with E-state index in [0.29, 0.717) is 31.6 Å². The van der Waals surface area contributed by atoms with E-state index >= 15 is 0 Å². The molecule has 0 saturated carbocycles. The molecule has 136 valence electrons. The number of rotatable bonds is 3. The van der Waals surface area contributed by atoms with E-state index in [1.165, 1.54) is 14.0 Å². The lowest BCUT2D eigenvalue weighted by atomic mass is 9.91. The van der Waals surface area contributed by atoms with Gasteiger partial charge in [-0.2, -0.15) is 13.2 Å². The summed E-state index contributed by atoms with van der Waals surface area (Å²) in [7, 11) is 1.45. The number of halogens is 3. The number of aryl methyl sites for hydroxylation is 1. The molecule has 0 radical (unpaired) electrons. The van der Waals surface area contributed by atoms with Gasteiger partial charge in [-0.25, -0.2) is 4.98 Å². The van der Waals surface area contributed by atoms with Crippen molar-refractivity contribution in [2.45, 2.75) is 31.9 Å². The van der Waals surface area contributed by atoms with Crippen LogP contribution in [0.3, 0.4) is 0 Å². The number of carbonyl (C=O) groups excluding carboxylic acids is 1. The quantitative estimate of drug-likeness (QED) is 0.845. The average Bonchev–Trinajstić information content (AvgIpc) is 2.95. The highest BCUT2D eigenvalue weighted by Crippen LogP contribution is 2.38. The third-order valence-corrected chi connectivity index (χ3v) is 4.48. The Bertz CT molecular complexity index is 780. The fraction of sp³-hybridized carbons (Fsp3) is 0.562. The fourth-order valence-electron chi connectivity index (χ4n) is 3.19. The number of piperidine rings is 1. The Morgan fingerprint density at radius 2 is 2.08 bits per heavy atom. The minimum absolute atomic E-state index is 0.00440.